The van der Waals surface area contributed by atoms with E-state index >= 15 is 0 Å². The molecule has 1 amide bonds. The summed E-state index contributed by atoms with van der Waals surface area (Å²) < 4.78 is 5.46. The molecule has 1 N–H and O–H groups in total. The van der Waals surface area contributed by atoms with Gasteiger partial charge in [-0.3, -0.25) is 14.9 Å². The summed E-state index contributed by atoms with van der Waals surface area (Å²) in [6.07, 6.45) is 0.766. The summed E-state index contributed by atoms with van der Waals surface area (Å²) in [4.78, 5) is 27.6. The Morgan fingerprint density at radius 1 is 1.24 bits per heavy atom. The van der Waals surface area contributed by atoms with Crippen molar-refractivity contribution in [3.63, 3.8) is 0 Å². The topological polar surface area (TPSA) is 111 Å². The van der Waals surface area contributed by atoms with Crippen molar-refractivity contribution in [2.75, 3.05) is 0 Å². The minimum absolute atomic E-state index is 0.0171. The quantitative estimate of drug-likeness (QED) is 0.467. The second-order valence-electron chi connectivity index (χ2n) is 6.97. The van der Waals surface area contributed by atoms with E-state index in [1.54, 1.807) is 0 Å². The number of nitro benzene ring substituents is 1. The first-order valence-corrected chi connectivity index (χ1v) is 9.35. The van der Waals surface area contributed by atoms with E-state index in [1.165, 1.54) is 24.3 Å². The molecule has 3 rings (SSSR count). The molecule has 0 saturated heterocycles. The van der Waals surface area contributed by atoms with Crippen LogP contribution in [0, 0.1) is 23.0 Å². The molecule has 2 aromatic carbocycles. The highest BCUT2D eigenvalue weighted by Gasteiger charge is 2.27. The van der Waals surface area contributed by atoms with Gasteiger partial charge in [0.2, 0.25) is 11.7 Å². The normalized spacial score (nSPS) is 12.9. The van der Waals surface area contributed by atoms with E-state index in [-0.39, 0.29) is 17.2 Å². The van der Waals surface area contributed by atoms with Crippen LogP contribution in [0.1, 0.15) is 48.1 Å². The van der Waals surface area contributed by atoms with Gasteiger partial charge in [-0.05, 0) is 25.0 Å². The zero-order valence-corrected chi connectivity index (χ0v) is 16.5. The number of non-ortho nitro benzene ring substituents is 1. The summed E-state index contributed by atoms with van der Waals surface area (Å²) in [5, 5.41) is 17.9. The second kappa shape index (κ2) is 8.64. The number of benzene rings is 2. The van der Waals surface area contributed by atoms with Crippen LogP contribution in [0.3, 0.4) is 0 Å². The van der Waals surface area contributed by atoms with Crippen molar-refractivity contribution in [2.45, 2.75) is 33.2 Å². The molecule has 0 aliphatic rings. The lowest BCUT2D eigenvalue weighted by Crippen LogP contribution is -2.32. The van der Waals surface area contributed by atoms with Gasteiger partial charge in [-0.15, -0.1) is 0 Å². The number of nitrogens with one attached hydrogen (secondary N) is 1. The van der Waals surface area contributed by atoms with E-state index in [1.807, 2.05) is 45.0 Å². The molecule has 1 aromatic heterocycles. The number of rotatable bonds is 7. The van der Waals surface area contributed by atoms with Gasteiger partial charge >= 0.3 is 0 Å². The lowest BCUT2D eigenvalue weighted by molar-refractivity contribution is -0.384. The van der Waals surface area contributed by atoms with E-state index in [9.17, 15) is 14.9 Å². The average Bonchev–Trinajstić information content (AvgIpc) is 3.21. The first-order valence-electron chi connectivity index (χ1n) is 9.35. The van der Waals surface area contributed by atoms with E-state index < -0.39 is 16.9 Å². The smallest absolute Gasteiger partial charge is 0.270 e. The molecule has 2 unspecified atom stereocenters. The second-order valence-corrected chi connectivity index (χ2v) is 6.97. The molecule has 150 valence electrons. The molecular formula is C21H22N4O4. The standard InChI is InChI=1S/C21H22N4O4/c1-4-14(3)18(22-20(26)16-9-6-10-17(12-16)25(27)28)21-23-19(24-29-21)15-8-5-7-13(2)11-15/h5-12,14,18H,4H2,1-3H3,(H,22,26). The molecule has 0 aliphatic heterocycles. The van der Waals surface area contributed by atoms with E-state index in [4.69, 9.17) is 4.52 Å². The Kier molecular flexibility index (Phi) is 6.01. The van der Waals surface area contributed by atoms with Crippen LogP contribution in [-0.2, 0) is 0 Å². The molecule has 29 heavy (non-hydrogen) atoms. The molecule has 2 atom stereocenters. The largest absolute Gasteiger partial charge is 0.340 e. The highest BCUT2D eigenvalue weighted by molar-refractivity contribution is 5.95. The van der Waals surface area contributed by atoms with E-state index in [2.05, 4.69) is 15.5 Å². The molecule has 0 spiro atoms. The number of carbonyl (C=O) groups is 1. The highest BCUT2D eigenvalue weighted by Crippen LogP contribution is 2.26. The summed E-state index contributed by atoms with van der Waals surface area (Å²) in [7, 11) is 0. The lowest BCUT2D eigenvalue weighted by atomic mass is 9.98. The summed E-state index contributed by atoms with van der Waals surface area (Å²) in [6.45, 7) is 5.94. The third-order valence-electron chi connectivity index (χ3n) is 4.80. The monoisotopic (exact) mass is 394 g/mol. The summed E-state index contributed by atoms with van der Waals surface area (Å²) >= 11 is 0. The molecule has 0 bridgehead atoms. The zero-order valence-electron chi connectivity index (χ0n) is 16.5. The van der Waals surface area contributed by atoms with Gasteiger partial charge in [0.05, 0.1) is 4.92 Å². The minimum atomic E-state index is -0.533. The molecule has 8 nitrogen and oxygen atoms in total. The van der Waals surface area contributed by atoms with Crippen molar-refractivity contribution in [3.05, 3.63) is 75.7 Å². The molecule has 8 heteroatoms. The van der Waals surface area contributed by atoms with Crippen LogP contribution in [0.2, 0.25) is 0 Å². The Bertz CT molecular complexity index is 1030. The molecule has 1 heterocycles. The molecule has 0 fully saturated rings. The first-order chi connectivity index (χ1) is 13.9. The van der Waals surface area contributed by atoms with Crippen molar-refractivity contribution in [3.8, 4) is 11.4 Å². The van der Waals surface area contributed by atoms with Crippen molar-refractivity contribution in [2.24, 2.45) is 5.92 Å². The molecule has 0 radical (unpaired) electrons. The molecule has 0 aliphatic carbocycles. The van der Waals surface area contributed by atoms with Crippen molar-refractivity contribution in [1.29, 1.82) is 0 Å². The third kappa shape index (κ3) is 4.66. The summed E-state index contributed by atoms with van der Waals surface area (Å²) in [5.41, 5.74) is 1.96. The fourth-order valence-electron chi connectivity index (χ4n) is 2.93. The maximum atomic E-state index is 12.7. The van der Waals surface area contributed by atoms with Crippen LogP contribution >= 0.6 is 0 Å². The number of hydrogen-bond acceptors (Lipinski definition) is 6. The Labute approximate surface area is 168 Å². The minimum Gasteiger partial charge on any atom is -0.340 e. The molecular weight excluding hydrogens is 372 g/mol. The van der Waals surface area contributed by atoms with Crippen LogP contribution in [-0.4, -0.2) is 21.0 Å². The van der Waals surface area contributed by atoms with Crippen molar-refractivity contribution >= 4 is 11.6 Å². The van der Waals surface area contributed by atoms with Gasteiger partial charge in [-0.25, -0.2) is 0 Å². The van der Waals surface area contributed by atoms with E-state index in [0.717, 1.165) is 17.5 Å². The van der Waals surface area contributed by atoms with Gasteiger partial charge in [-0.2, -0.15) is 4.98 Å². The Hall–Kier alpha value is -3.55. The van der Waals surface area contributed by atoms with Crippen LogP contribution < -0.4 is 5.32 Å². The highest BCUT2D eigenvalue weighted by atomic mass is 16.6. The maximum absolute atomic E-state index is 12.7. The van der Waals surface area contributed by atoms with Gasteiger partial charge in [0.1, 0.15) is 6.04 Å². The SMILES string of the molecule is CCC(C)C(NC(=O)c1cccc([N+](=O)[O-])c1)c1nc(-c2cccc(C)c2)no1. The van der Waals surface area contributed by atoms with Crippen molar-refractivity contribution in [1.82, 2.24) is 15.5 Å². The van der Waals surface area contributed by atoms with Gasteiger partial charge in [0.15, 0.2) is 0 Å². The number of amides is 1. The maximum Gasteiger partial charge on any atom is 0.270 e. The number of nitro groups is 1. The van der Waals surface area contributed by atoms with Crippen LogP contribution in [0.5, 0.6) is 0 Å². The third-order valence-corrected chi connectivity index (χ3v) is 4.80. The van der Waals surface area contributed by atoms with Gasteiger partial charge < -0.3 is 9.84 Å². The number of carbonyl (C=O) groups excluding carboxylic acids is 1. The molecule has 3 aromatic rings. The van der Waals surface area contributed by atoms with Gasteiger partial charge in [0.25, 0.3) is 11.6 Å². The fraction of sp³-hybridized carbons (Fsp3) is 0.286. The van der Waals surface area contributed by atoms with Gasteiger partial charge in [0, 0.05) is 23.3 Å². The number of nitrogens with zero attached hydrogens (tertiary/aromatic N) is 3. The first kappa shape index (κ1) is 20.2. The Morgan fingerprint density at radius 3 is 2.69 bits per heavy atom. The number of aryl methyl sites for hydroxylation is 1. The fourth-order valence-corrected chi connectivity index (χ4v) is 2.93. The van der Waals surface area contributed by atoms with Crippen LogP contribution in [0.4, 0.5) is 5.69 Å². The number of aromatic nitrogens is 2. The zero-order chi connectivity index (χ0) is 21.0. The predicted molar refractivity (Wildman–Crippen MR) is 107 cm³/mol. The van der Waals surface area contributed by atoms with Crippen LogP contribution in [0.15, 0.2) is 53.1 Å². The summed E-state index contributed by atoms with van der Waals surface area (Å²) in [6, 6.07) is 12.8. The number of hydrogen-bond donors (Lipinski definition) is 1. The summed E-state index contributed by atoms with van der Waals surface area (Å²) in [5.74, 6) is 0.328. The Morgan fingerprint density at radius 2 is 2.00 bits per heavy atom. The van der Waals surface area contributed by atoms with Crippen LogP contribution in [0.25, 0.3) is 11.4 Å². The molecule has 0 saturated carbocycles. The Balaban J connectivity index is 1.86. The van der Waals surface area contributed by atoms with Crippen molar-refractivity contribution < 1.29 is 14.2 Å². The van der Waals surface area contributed by atoms with Gasteiger partial charge in [-0.1, -0.05) is 55.3 Å². The average molecular weight is 394 g/mol. The van der Waals surface area contributed by atoms with E-state index in [0.29, 0.717) is 11.7 Å². The predicted octanol–water partition coefficient (Wildman–Crippen LogP) is 4.47. The lowest BCUT2D eigenvalue weighted by Gasteiger charge is -2.20.